The molecule has 0 bridgehead atoms. The maximum absolute atomic E-state index is 2.29. The Balaban J connectivity index is 1.35. The first kappa shape index (κ1) is 20.8. The van der Waals surface area contributed by atoms with Crippen LogP contribution in [0.25, 0.3) is 22.3 Å². The van der Waals surface area contributed by atoms with Gasteiger partial charge in [0.05, 0.1) is 0 Å². The van der Waals surface area contributed by atoms with Crippen molar-refractivity contribution in [3.8, 4) is 22.3 Å². The van der Waals surface area contributed by atoms with Crippen molar-refractivity contribution in [2.45, 2.75) is 24.3 Å². The lowest BCUT2D eigenvalue weighted by Crippen LogP contribution is -1.90. The Hall–Kier alpha value is -2.42. The van der Waals surface area contributed by atoms with Gasteiger partial charge in [0.25, 0.3) is 0 Å². The van der Waals surface area contributed by atoms with Gasteiger partial charge in [0.1, 0.15) is 0 Å². The molecule has 4 rings (SSSR count). The molecule has 0 nitrogen and oxygen atoms in total. The minimum absolute atomic E-state index is 0.450. The Morgan fingerprint density at radius 3 is 1.03 bits per heavy atom. The highest BCUT2D eigenvalue weighted by Gasteiger charge is 2.12. The number of hydrogen-bond donors (Lipinski definition) is 0. The zero-order chi connectivity index (χ0) is 20.8. The first-order valence-electron chi connectivity index (χ1n) is 10.3. The summed E-state index contributed by atoms with van der Waals surface area (Å²) >= 11 is 0. The molecule has 4 aromatic carbocycles. The fourth-order valence-electron chi connectivity index (χ4n) is 3.43. The molecule has 0 aliphatic carbocycles. The second kappa shape index (κ2) is 10.1. The van der Waals surface area contributed by atoms with Gasteiger partial charge >= 0.3 is 0 Å². The molecule has 0 heterocycles. The van der Waals surface area contributed by atoms with E-state index in [1.807, 2.05) is 21.6 Å². The minimum atomic E-state index is 0.450. The molecule has 0 fully saturated rings. The fourth-order valence-corrected chi connectivity index (χ4v) is 5.97. The zero-order valence-electron chi connectivity index (χ0n) is 17.4. The molecule has 0 spiro atoms. The van der Waals surface area contributed by atoms with Crippen LogP contribution in [0.2, 0.25) is 0 Å². The van der Waals surface area contributed by atoms with E-state index in [1.165, 1.54) is 33.4 Å². The summed E-state index contributed by atoms with van der Waals surface area (Å²) in [4.78, 5) is 0. The van der Waals surface area contributed by atoms with Crippen molar-refractivity contribution < 1.29 is 0 Å². The lowest BCUT2D eigenvalue weighted by molar-refractivity contribution is 1.10. The van der Waals surface area contributed by atoms with Crippen LogP contribution in [-0.4, -0.2) is 0 Å². The highest BCUT2D eigenvalue weighted by atomic mass is 33.1. The van der Waals surface area contributed by atoms with Crippen LogP contribution >= 0.6 is 21.6 Å². The predicted octanol–water partition coefficient (Wildman–Crippen LogP) is 9.22. The topological polar surface area (TPSA) is 0 Å². The van der Waals surface area contributed by atoms with Crippen LogP contribution in [0.1, 0.15) is 35.5 Å². The molecule has 2 atom stereocenters. The Bertz CT molecular complexity index is 950. The van der Waals surface area contributed by atoms with Crippen LogP contribution in [0.15, 0.2) is 109 Å². The van der Waals surface area contributed by atoms with Crippen molar-refractivity contribution in [1.29, 1.82) is 0 Å². The highest BCUT2D eigenvalue weighted by Crippen LogP contribution is 2.46. The van der Waals surface area contributed by atoms with Crippen molar-refractivity contribution in [2.24, 2.45) is 0 Å². The Labute approximate surface area is 188 Å². The van der Waals surface area contributed by atoms with Gasteiger partial charge in [0.2, 0.25) is 0 Å². The molecule has 30 heavy (non-hydrogen) atoms. The summed E-state index contributed by atoms with van der Waals surface area (Å²) in [5.41, 5.74) is 7.84. The Morgan fingerprint density at radius 2 is 0.700 bits per heavy atom. The molecule has 0 aliphatic heterocycles. The van der Waals surface area contributed by atoms with Gasteiger partial charge in [-0.15, -0.1) is 0 Å². The summed E-state index contributed by atoms with van der Waals surface area (Å²) in [5, 5.41) is 0.900. The molecule has 0 unspecified atom stereocenters. The summed E-state index contributed by atoms with van der Waals surface area (Å²) < 4.78 is 0. The molecule has 4 aromatic rings. The third kappa shape index (κ3) is 5.19. The predicted molar refractivity (Wildman–Crippen MR) is 136 cm³/mol. The van der Waals surface area contributed by atoms with Gasteiger partial charge in [-0.3, -0.25) is 0 Å². The van der Waals surface area contributed by atoms with Crippen molar-refractivity contribution in [3.05, 3.63) is 120 Å². The van der Waals surface area contributed by atoms with E-state index in [9.17, 15) is 0 Å². The van der Waals surface area contributed by atoms with Crippen LogP contribution in [0.5, 0.6) is 0 Å². The van der Waals surface area contributed by atoms with Gasteiger partial charge in [0.15, 0.2) is 0 Å². The summed E-state index contributed by atoms with van der Waals surface area (Å²) in [6.45, 7) is 4.58. The summed E-state index contributed by atoms with van der Waals surface area (Å²) in [6.07, 6.45) is 0. The normalized spacial score (nSPS) is 13.0. The van der Waals surface area contributed by atoms with Crippen LogP contribution < -0.4 is 0 Å². The van der Waals surface area contributed by atoms with Crippen LogP contribution in [0.4, 0.5) is 0 Å². The summed E-state index contributed by atoms with van der Waals surface area (Å²) in [7, 11) is 3.90. The van der Waals surface area contributed by atoms with Gasteiger partial charge in [-0.2, -0.15) is 0 Å². The van der Waals surface area contributed by atoms with E-state index < -0.39 is 0 Å². The van der Waals surface area contributed by atoms with Crippen molar-refractivity contribution in [2.75, 3.05) is 0 Å². The standard InChI is InChI=1S/C28H26S2/c1-21(23-13-17-27(18-14-23)25-9-5-3-6-10-25)29-30-22(2)24-15-19-28(20-16-24)26-11-7-4-8-12-26/h3-22H,1-2H3/t21-,22-/m1/s1. The fraction of sp³-hybridized carbons (Fsp3) is 0.143. The van der Waals surface area contributed by atoms with E-state index in [0.717, 1.165) is 0 Å². The van der Waals surface area contributed by atoms with Gasteiger partial charge in [-0.1, -0.05) is 131 Å². The monoisotopic (exact) mass is 426 g/mol. The SMILES string of the molecule is C[C@@H](SS[C@H](C)c1ccc(-c2ccccc2)cc1)c1ccc(-c2ccccc2)cc1. The van der Waals surface area contributed by atoms with Crippen LogP contribution in [0.3, 0.4) is 0 Å². The average molecular weight is 427 g/mol. The van der Waals surface area contributed by atoms with Gasteiger partial charge in [-0.25, -0.2) is 0 Å². The highest BCUT2D eigenvalue weighted by molar-refractivity contribution is 8.76. The average Bonchev–Trinajstić information content (AvgIpc) is 2.83. The first-order chi connectivity index (χ1) is 14.7. The number of hydrogen-bond acceptors (Lipinski definition) is 2. The van der Waals surface area contributed by atoms with E-state index in [0.29, 0.717) is 10.5 Å². The molecule has 0 amide bonds. The van der Waals surface area contributed by atoms with E-state index in [2.05, 4.69) is 123 Å². The maximum Gasteiger partial charge on any atom is 0.0373 e. The van der Waals surface area contributed by atoms with Crippen LogP contribution in [-0.2, 0) is 0 Å². The zero-order valence-corrected chi connectivity index (χ0v) is 19.0. The summed E-state index contributed by atoms with van der Waals surface area (Å²) in [5.74, 6) is 0. The molecule has 0 saturated carbocycles. The Morgan fingerprint density at radius 1 is 0.400 bits per heavy atom. The number of benzene rings is 4. The molecule has 150 valence electrons. The minimum Gasteiger partial charge on any atom is -0.0856 e. The van der Waals surface area contributed by atoms with E-state index in [4.69, 9.17) is 0 Å². The largest absolute Gasteiger partial charge is 0.0856 e. The third-order valence-corrected chi connectivity index (χ3v) is 8.62. The lowest BCUT2D eigenvalue weighted by Gasteiger charge is -2.16. The molecule has 0 radical (unpaired) electrons. The Kier molecular flexibility index (Phi) is 6.99. The molecule has 0 aliphatic rings. The maximum atomic E-state index is 2.29. The molecule has 0 aromatic heterocycles. The van der Waals surface area contributed by atoms with Crippen LogP contribution in [0, 0.1) is 0 Å². The third-order valence-electron chi connectivity index (χ3n) is 5.32. The number of rotatable bonds is 7. The van der Waals surface area contributed by atoms with Gasteiger partial charge in [-0.05, 0) is 47.2 Å². The second-order valence-electron chi connectivity index (χ2n) is 7.45. The second-order valence-corrected chi connectivity index (χ2v) is 10.4. The van der Waals surface area contributed by atoms with Crippen molar-refractivity contribution >= 4 is 21.6 Å². The quantitative estimate of drug-likeness (QED) is 0.270. The smallest absolute Gasteiger partial charge is 0.0373 e. The molecular weight excluding hydrogens is 400 g/mol. The lowest BCUT2D eigenvalue weighted by atomic mass is 10.0. The molecule has 0 N–H and O–H groups in total. The van der Waals surface area contributed by atoms with Crippen molar-refractivity contribution in [1.82, 2.24) is 0 Å². The van der Waals surface area contributed by atoms with Gasteiger partial charge < -0.3 is 0 Å². The molecule has 0 saturated heterocycles. The van der Waals surface area contributed by atoms with Gasteiger partial charge in [0, 0.05) is 10.5 Å². The van der Waals surface area contributed by atoms with E-state index in [1.54, 1.807) is 0 Å². The summed E-state index contributed by atoms with van der Waals surface area (Å²) in [6, 6.07) is 39.1. The van der Waals surface area contributed by atoms with Crippen molar-refractivity contribution in [3.63, 3.8) is 0 Å². The van der Waals surface area contributed by atoms with E-state index >= 15 is 0 Å². The molecule has 2 heteroatoms. The molecular formula is C28H26S2. The van der Waals surface area contributed by atoms with E-state index in [-0.39, 0.29) is 0 Å². The first-order valence-corrected chi connectivity index (χ1v) is 12.6.